The standard InChI is InChI=1S/C32H25N5O4/c1-3-40-31(39)21-7-5-20(6-8-21)30(38)36-26-16-25(12-4-19(26)2)35-32-33-17-24-10-9-22(14-27(24)37-32)23-11-13-29-28(15-23)34-18-41-29/h4-18H,3H2,1-2H3,(H,36,38)(H,33,35,37). The zero-order valence-corrected chi connectivity index (χ0v) is 22.3. The molecule has 0 fully saturated rings. The van der Waals surface area contributed by atoms with Crippen LogP contribution < -0.4 is 10.6 Å². The molecule has 0 atom stereocenters. The van der Waals surface area contributed by atoms with E-state index in [0.717, 1.165) is 44.4 Å². The summed E-state index contributed by atoms with van der Waals surface area (Å²) in [5.41, 5.74) is 7.39. The number of hydrogen-bond acceptors (Lipinski definition) is 8. The van der Waals surface area contributed by atoms with E-state index in [4.69, 9.17) is 14.1 Å². The molecule has 9 heteroatoms. The van der Waals surface area contributed by atoms with Crippen molar-refractivity contribution in [2.24, 2.45) is 0 Å². The molecule has 0 spiro atoms. The number of anilines is 3. The Bertz CT molecular complexity index is 1910. The van der Waals surface area contributed by atoms with Crippen LogP contribution in [0.15, 0.2) is 95.9 Å². The van der Waals surface area contributed by atoms with E-state index in [1.54, 1.807) is 37.4 Å². The van der Waals surface area contributed by atoms with Crippen molar-refractivity contribution in [2.45, 2.75) is 13.8 Å². The van der Waals surface area contributed by atoms with Crippen LogP contribution in [0.4, 0.5) is 17.3 Å². The van der Waals surface area contributed by atoms with Crippen LogP contribution in [-0.2, 0) is 4.74 Å². The Morgan fingerprint density at radius 2 is 1.61 bits per heavy atom. The third-order valence-electron chi connectivity index (χ3n) is 6.65. The van der Waals surface area contributed by atoms with Crippen molar-refractivity contribution >= 4 is 51.2 Å². The van der Waals surface area contributed by atoms with Gasteiger partial charge in [-0.3, -0.25) is 4.79 Å². The van der Waals surface area contributed by atoms with Gasteiger partial charge in [0.25, 0.3) is 5.91 Å². The first-order chi connectivity index (χ1) is 20.0. The molecule has 0 aliphatic rings. The van der Waals surface area contributed by atoms with Crippen LogP contribution in [0.5, 0.6) is 0 Å². The summed E-state index contributed by atoms with van der Waals surface area (Å²) in [6, 6.07) is 23.9. The van der Waals surface area contributed by atoms with E-state index in [0.29, 0.717) is 22.8 Å². The van der Waals surface area contributed by atoms with Crippen molar-refractivity contribution < 1.29 is 18.7 Å². The lowest BCUT2D eigenvalue weighted by atomic mass is 10.0. The van der Waals surface area contributed by atoms with Gasteiger partial charge in [0.15, 0.2) is 12.0 Å². The fourth-order valence-corrected chi connectivity index (χ4v) is 4.43. The Morgan fingerprint density at radius 3 is 2.41 bits per heavy atom. The molecule has 0 bridgehead atoms. The number of oxazole rings is 1. The number of fused-ring (bicyclic) bond motifs is 2. The van der Waals surface area contributed by atoms with Crippen LogP contribution in [0, 0.1) is 6.92 Å². The van der Waals surface area contributed by atoms with E-state index in [-0.39, 0.29) is 12.5 Å². The molecule has 0 saturated heterocycles. The summed E-state index contributed by atoms with van der Waals surface area (Å²) in [6.45, 7) is 3.95. The van der Waals surface area contributed by atoms with E-state index in [1.165, 1.54) is 6.39 Å². The first kappa shape index (κ1) is 25.7. The number of nitrogens with zero attached hydrogens (tertiary/aromatic N) is 3. The molecule has 9 nitrogen and oxygen atoms in total. The summed E-state index contributed by atoms with van der Waals surface area (Å²) in [7, 11) is 0. The zero-order chi connectivity index (χ0) is 28.3. The average Bonchev–Trinajstić information content (AvgIpc) is 3.47. The monoisotopic (exact) mass is 543 g/mol. The van der Waals surface area contributed by atoms with Gasteiger partial charge in [-0.2, -0.15) is 0 Å². The van der Waals surface area contributed by atoms with Gasteiger partial charge in [-0.05, 0) is 85.1 Å². The second-order valence-electron chi connectivity index (χ2n) is 9.41. The number of benzene rings is 4. The van der Waals surface area contributed by atoms with Crippen LogP contribution in [0.3, 0.4) is 0 Å². The van der Waals surface area contributed by atoms with Crippen LogP contribution in [-0.4, -0.2) is 33.4 Å². The van der Waals surface area contributed by atoms with Crippen LogP contribution in [0.25, 0.3) is 33.1 Å². The summed E-state index contributed by atoms with van der Waals surface area (Å²) in [4.78, 5) is 38.2. The highest BCUT2D eigenvalue weighted by Crippen LogP contribution is 2.28. The van der Waals surface area contributed by atoms with Gasteiger partial charge in [0, 0.05) is 28.5 Å². The molecule has 0 aliphatic carbocycles. The molecule has 0 radical (unpaired) electrons. The van der Waals surface area contributed by atoms with Crippen molar-refractivity contribution in [2.75, 3.05) is 17.2 Å². The smallest absolute Gasteiger partial charge is 0.338 e. The van der Waals surface area contributed by atoms with Gasteiger partial charge in [-0.25, -0.2) is 19.7 Å². The second-order valence-corrected chi connectivity index (χ2v) is 9.41. The zero-order valence-electron chi connectivity index (χ0n) is 22.3. The SMILES string of the molecule is CCOC(=O)c1ccc(C(=O)Nc2cc(Nc3ncc4ccc(-c5ccc6ocnc6c5)cc4n3)ccc2C)cc1. The number of amides is 1. The average molecular weight is 544 g/mol. The number of ether oxygens (including phenoxy) is 1. The molecule has 2 heterocycles. The van der Waals surface area contributed by atoms with E-state index >= 15 is 0 Å². The number of carbonyl (C=O) groups excluding carboxylic acids is 2. The Morgan fingerprint density at radius 1 is 0.854 bits per heavy atom. The number of hydrogen-bond donors (Lipinski definition) is 2. The normalized spacial score (nSPS) is 11.0. The predicted octanol–water partition coefficient (Wildman–Crippen LogP) is 6.92. The lowest BCUT2D eigenvalue weighted by Gasteiger charge is -2.12. The molecule has 0 unspecified atom stereocenters. The molecule has 41 heavy (non-hydrogen) atoms. The molecule has 6 aromatic rings. The topological polar surface area (TPSA) is 119 Å². The molecule has 6 rings (SSSR count). The first-order valence-corrected chi connectivity index (χ1v) is 13.0. The van der Waals surface area contributed by atoms with Gasteiger partial charge in [0.05, 0.1) is 17.7 Å². The van der Waals surface area contributed by atoms with Gasteiger partial charge in [0.1, 0.15) is 5.52 Å². The van der Waals surface area contributed by atoms with Gasteiger partial charge >= 0.3 is 5.97 Å². The number of aromatic nitrogens is 3. The minimum atomic E-state index is -0.422. The molecular formula is C32H25N5O4. The van der Waals surface area contributed by atoms with Crippen LogP contribution in [0.2, 0.25) is 0 Å². The van der Waals surface area contributed by atoms with Crippen molar-refractivity contribution in [3.63, 3.8) is 0 Å². The molecular weight excluding hydrogens is 518 g/mol. The number of carbonyl (C=O) groups is 2. The highest BCUT2D eigenvalue weighted by Gasteiger charge is 2.12. The fraction of sp³-hybridized carbons (Fsp3) is 0.0938. The van der Waals surface area contributed by atoms with Crippen molar-refractivity contribution in [3.05, 3.63) is 108 Å². The molecule has 202 valence electrons. The minimum Gasteiger partial charge on any atom is -0.462 e. The van der Waals surface area contributed by atoms with Gasteiger partial charge < -0.3 is 19.8 Å². The fourth-order valence-electron chi connectivity index (χ4n) is 4.43. The molecule has 2 N–H and O–H groups in total. The number of aryl methyl sites for hydroxylation is 1. The maximum Gasteiger partial charge on any atom is 0.338 e. The van der Waals surface area contributed by atoms with E-state index in [1.807, 2.05) is 61.5 Å². The number of nitrogens with one attached hydrogen (secondary N) is 2. The summed E-state index contributed by atoms with van der Waals surface area (Å²) in [5, 5.41) is 7.10. The second kappa shape index (κ2) is 10.9. The molecule has 0 saturated carbocycles. The maximum absolute atomic E-state index is 12.9. The summed E-state index contributed by atoms with van der Waals surface area (Å²) in [5.74, 6) is -0.287. The molecule has 0 aliphatic heterocycles. The van der Waals surface area contributed by atoms with Crippen molar-refractivity contribution in [1.82, 2.24) is 15.0 Å². The maximum atomic E-state index is 12.9. The van der Waals surface area contributed by atoms with Crippen molar-refractivity contribution in [1.29, 1.82) is 0 Å². The van der Waals surface area contributed by atoms with E-state index in [2.05, 4.69) is 20.6 Å². The Hall–Kier alpha value is -5.57. The largest absolute Gasteiger partial charge is 0.462 e. The first-order valence-electron chi connectivity index (χ1n) is 13.0. The van der Waals surface area contributed by atoms with Crippen LogP contribution in [0.1, 0.15) is 33.2 Å². The van der Waals surface area contributed by atoms with E-state index < -0.39 is 5.97 Å². The third kappa shape index (κ3) is 5.46. The van der Waals surface area contributed by atoms with Crippen LogP contribution >= 0.6 is 0 Å². The molecule has 1 amide bonds. The summed E-state index contributed by atoms with van der Waals surface area (Å²) < 4.78 is 10.4. The van der Waals surface area contributed by atoms with E-state index in [9.17, 15) is 9.59 Å². The van der Waals surface area contributed by atoms with Gasteiger partial charge in [-0.15, -0.1) is 0 Å². The third-order valence-corrected chi connectivity index (χ3v) is 6.65. The number of esters is 1. The Kier molecular flexibility index (Phi) is 6.83. The quantitative estimate of drug-likeness (QED) is 0.208. The highest BCUT2D eigenvalue weighted by atomic mass is 16.5. The van der Waals surface area contributed by atoms with Gasteiger partial charge in [0.2, 0.25) is 5.95 Å². The minimum absolute atomic E-state index is 0.289. The Labute approximate surface area is 235 Å². The highest BCUT2D eigenvalue weighted by molar-refractivity contribution is 6.05. The Balaban J connectivity index is 1.20. The lowest BCUT2D eigenvalue weighted by molar-refractivity contribution is 0.0526. The molecule has 2 aromatic heterocycles. The lowest BCUT2D eigenvalue weighted by Crippen LogP contribution is -2.13. The number of rotatable bonds is 7. The summed E-state index contributed by atoms with van der Waals surface area (Å²) in [6.07, 6.45) is 3.21. The summed E-state index contributed by atoms with van der Waals surface area (Å²) >= 11 is 0. The molecule has 4 aromatic carbocycles. The van der Waals surface area contributed by atoms with Crippen molar-refractivity contribution in [3.8, 4) is 11.1 Å². The predicted molar refractivity (Wildman–Crippen MR) is 157 cm³/mol. The van der Waals surface area contributed by atoms with Gasteiger partial charge in [-0.1, -0.05) is 24.3 Å².